The number of halogens is 3. The van der Waals surface area contributed by atoms with Crippen molar-refractivity contribution >= 4 is 17.4 Å². The zero-order valence-electron chi connectivity index (χ0n) is 12.4. The molecule has 0 aliphatic rings. The molecule has 0 aliphatic heterocycles. The molecule has 1 N–H and O–H groups in total. The number of nitrogens with zero attached hydrogens (tertiary/aromatic N) is 1. The van der Waals surface area contributed by atoms with Crippen molar-refractivity contribution in [1.29, 1.82) is 5.26 Å². The van der Waals surface area contributed by atoms with Gasteiger partial charge >= 0.3 is 6.18 Å². The maximum atomic E-state index is 12.0. The number of alkyl halides is 3. The molecule has 1 aromatic carbocycles. The fourth-order valence-electron chi connectivity index (χ4n) is 1.96. The lowest BCUT2D eigenvalue weighted by Gasteiger charge is -2.06. The van der Waals surface area contributed by atoms with Crippen LogP contribution >= 0.6 is 0 Å². The number of carbonyl (C=O) groups is 2. The number of nitriles is 1. The van der Waals surface area contributed by atoms with Crippen LogP contribution in [-0.2, 0) is 9.59 Å². The van der Waals surface area contributed by atoms with Gasteiger partial charge in [0, 0.05) is 18.5 Å². The second kappa shape index (κ2) is 8.93. The van der Waals surface area contributed by atoms with Crippen molar-refractivity contribution in [3.63, 3.8) is 0 Å². The molecule has 0 atom stereocenters. The van der Waals surface area contributed by atoms with Gasteiger partial charge in [-0.25, -0.2) is 0 Å². The van der Waals surface area contributed by atoms with Crippen molar-refractivity contribution in [2.45, 2.75) is 44.7 Å². The molecule has 1 aromatic rings. The predicted octanol–water partition coefficient (Wildman–Crippen LogP) is 3.97. The number of rotatable bonds is 8. The van der Waals surface area contributed by atoms with Crippen molar-refractivity contribution in [3.05, 3.63) is 29.8 Å². The molecule has 0 heterocycles. The van der Waals surface area contributed by atoms with Crippen molar-refractivity contribution in [2.24, 2.45) is 0 Å². The summed E-state index contributed by atoms with van der Waals surface area (Å²) in [7, 11) is 0. The summed E-state index contributed by atoms with van der Waals surface area (Å²) in [6.45, 7) is 0. The van der Waals surface area contributed by atoms with Gasteiger partial charge in [-0.05, 0) is 31.0 Å². The van der Waals surface area contributed by atoms with Crippen molar-refractivity contribution < 1.29 is 22.8 Å². The average Bonchev–Trinajstić information content (AvgIpc) is 2.49. The summed E-state index contributed by atoms with van der Waals surface area (Å²) in [5, 5.41) is 11.4. The molecule has 1 amide bonds. The standard InChI is InChI=1S/C16H17F3N2O2/c17-16(18,19)14(22)8-3-1-2-4-9-15(23)21-13-7-5-6-12(10-13)11-20/h5-7,10H,1-4,8-9H2,(H,21,23). The molecule has 0 saturated carbocycles. The Morgan fingerprint density at radius 1 is 1.09 bits per heavy atom. The molecule has 0 radical (unpaired) electrons. The number of anilines is 1. The Hall–Kier alpha value is -2.36. The van der Waals surface area contributed by atoms with Crippen LogP contribution in [0.25, 0.3) is 0 Å². The van der Waals surface area contributed by atoms with E-state index < -0.39 is 18.4 Å². The number of Topliss-reactive ketones (excluding diaryl/α,β-unsaturated/α-hetero) is 1. The van der Waals surface area contributed by atoms with E-state index in [9.17, 15) is 22.8 Å². The van der Waals surface area contributed by atoms with Crippen molar-refractivity contribution in [1.82, 2.24) is 0 Å². The van der Waals surface area contributed by atoms with Crippen LogP contribution in [0.15, 0.2) is 24.3 Å². The minimum absolute atomic E-state index is 0.171. The van der Waals surface area contributed by atoms with E-state index in [0.717, 1.165) is 0 Å². The van der Waals surface area contributed by atoms with Gasteiger partial charge < -0.3 is 5.32 Å². The Morgan fingerprint density at radius 3 is 2.35 bits per heavy atom. The van der Waals surface area contributed by atoms with Crippen molar-refractivity contribution in [3.8, 4) is 6.07 Å². The zero-order chi connectivity index (χ0) is 17.3. The quantitative estimate of drug-likeness (QED) is 0.735. The lowest BCUT2D eigenvalue weighted by molar-refractivity contribution is -0.171. The summed E-state index contributed by atoms with van der Waals surface area (Å²) < 4.78 is 35.9. The summed E-state index contributed by atoms with van der Waals surface area (Å²) >= 11 is 0. The van der Waals surface area contributed by atoms with E-state index in [1.54, 1.807) is 24.3 Å². The van der Waals surface area contributed by atoms with Crippen LogP contribution in [0, 0.1) is 11.3 Å². The molecule has 0 unspecified atom stereocenters. The Labute approximate surface area is 132 Å². The van der Waals surface area contributed by atoms with E-state index in [4.69, 9.17) is 5.26 Å². The lowest BCUT2D eigenvalue weighted by atomic mass is 10.1. The normalized spacial score (nSPS) is 10.9. The van der Waals surface area contributed by atoms with Crippen LogP contribution in [-0.4, -0.2) is 17.9 Å². The van der Waals surface area contributed by atoms with Gasteiger partial charge in [-0.1, -0.05) is 18.9 Å². The number of hydrogen-bond donors (Lipinski definition) is 1. The van der Waals surface area contributed by atoms with Crippen molar-refractivity contribution in [2.75, 3.05) is 5.32 Å². The third-order valence-electron chi connectivity index (χ3n) is 3.15. The van der Waals surface area contributed by atoms with E-state index in [2.05, 4.69) is 5.32 Å². The minimum Gasteiger partial charge on any atom is -0.326 e. The topological polar surface area (TPSA) is 70.0 Å². The summed E-state index contributed by atoms with van der Waals surface area (Å²) in [5.41, 5.74) is 0.974. The maximum Gasteiger partial charge on any atom is 0.449 e. The van der Waals surface area contributed by atoms with E-state index >= 15 is 0 Å². The monoisotopic (exact) mass is 326 g/mol. The van der Waals surface area contributed by atoms with Gasteiger partial charge in [-0.2, -0.15) is 18.4 Å². The number of unbranched alkanes of at least 4 members (excludes halogenated alkanes) is 3. The third-order valence-corrected chi connectivity index (χ3v) is 3.15. The van der Waals surface area contributed by atoms with Gasteiger partial charge in [0.25, 0.3) is 0 Å². The highest BCUT2D eigenvalue weighted by Gasteiger charge is 2.36. The molecule has 0 saturated heterocycles. The molecule has 124 valence electrons. The fraction of sp³-hybridized carbons (Fsp3) is 0.438. The third kappa shape index (κ3) is 7.45. The molecule has 23 heavy (non-hydrogen) atoms. The van der Waals surface area contributed by atoms with Gasteiger partial charge in [0.1, 0.15) is 0 Å². The summed E-state index contributed by atoms with van der Waals surface area (Å²) in [5.74, 6) is -1.92. The van der Waals surface area contributed by atoms with Crippen LogP contribution < -0.4 is 5.32 Å². The number of nitrogens with one attached hydrogen (secondary N) is 1. The van der Waals surface area contributed by atoms with E-state index in [1.165, 1.54) is 0 Å². The Kier molecular flexibility index (Phi) is 7.26. The Bertz CT molecular complexity index is 592. The van der Waals surface area contributed by atoms with Crippen LogP contribution in [0.4, 0.5) is 18.9 Å². The highest BCUT2D eigenvalue weighted by molar-refractivity contribution is 5.90. The van der Waals surface area contributed by atoms with Gasteiger partial charge in [0.2, 0.25) is 11.7 Å². The van der Waals surface area contributed by atoms with Gasteiger partial charge in [0.05, 0.1) is 11.6 Å². The number of ketones is 1. The van der Waals surface area contributed by atoms with Crippen LogP contribution in [0.5, 0.6) is 0 Å². The lowest BCUT2D eigenvalue weighted by Crippen LogP contribution is -2.22. The minimum atomic E-state index is -4.75. The largest absolute Gasteiger partial charge is 0.449 e. The molecule has 1 rings (SSSR count). The predicted molar refractivity (Wildman–Crippen MR) is 78.6 cm³/mol. The summed E-state index contributed by atoms with van der Waals surface area (Å²) in [6.07, 6.45) is -3.26. The highest BCUT2D eigenvalue weighted by Crippen LogP contribution is 2.19. The van der Waals surface area contributed by atoms with Gasteiger partial charge in [-0.3, -0.25) is 9.59 Å². The summed E-state index contributed by atoms with van der Waals surface area (Å²) in [6, 6.07) is 8.47. The molecule has 0 bridgehead atoms. The molecular formula is C16H17F3N2O2. The molecule has 0 aromatic heterocycles. The molecule has 0 fully saturated rings. The SMILES string of the molecule is N#Cc1cccc(NC(=O)CCCCCCC(=O)C(F)(F)F)c1. The first kappa shape index (κ1) is 18.7. The van der Waals surface area contributed by atoms with Crippen LogP contribution in [0.1, 0.15) is 44.1 Å². The molecule has 7 heteroatoms. The van der Waals surface area contributed by atoms with E-state index in [-0.39, 0.29) is 18.7 Å². The number of benzene rings is 1. The first-order valence-electron chi connectivity index (χ1n) is 7.23. The van der Waals surface area contributed by atoms with E-state index in [0.29, 0.717) is 30.5 Å². The van der Waals surface area contributed by atoms with E-state index in [1.807, 2.05) is 6.07 Å². The van der Waals surface area contributed by atoms with Crippen LogP contribution in [0.2, 0.25) is 0 Å². The fourth-order valence-corrected chi connectivity index (χ4v) is 1.96. The number of carbonyl (C=O) groups excluding carboxylic acids is 2. The highest BCUT2D eigenvalue weighted by atomic mass is 19.4. The number of amides is 1. The maximum absolute atomic E-state index is 12.0. The first-order valence-corrected chi connectivity index (χ1v) is 7.23. The Morgan fingerprint density at radius 2 is 1.74 bits per heavy atom. The summed E-state index contributed by atoms with van der Waals surface area (Å²) in [4.78, 5) is 22.3. The number of hydrogen-bond acceptors (Lipinski definition) is 3. The zero-order valence-corrected chi connectivity index (χ0v) is 12.4. The average molecular weight is 326 g/mol. The second-order valence-electron chi connectivity index (χ2n) is 5.08. The van der Waals surface area contributed by atoms with Gasteiger partial charge in [-0.15, -0.1) is 0 Å². The van der Waals surface area contributed by atoms with Crippen LogP contribution in [0.3, 0.4) is 0 Å². The molecule has 4 nitrogen and oxygen atoms in total. The Balaban J connectivity index is 2.17. The second-order valence-corrected chi connectivity index (χ2v) is 5.08. The first-order chi connectivity index (χ1) is 10.8. The molecular weight excluding hydrogens is 309 g/mol. The smallest absolute Gasteiger partial charge is 0.326 e. The van der Waals surface area contributed by atoms with Gasteiger partial charge in [0.15, 0.2) is 0 Å². The molecule has 0 aliphatic carbocycles. The molecule has 0 spiro atoms.